The predicted molar refractivity (Wildman–Crippen MR) is 85.7 cm³/mol. The normalized spacial score (nSPS) is 15.9. The number of hydrogen-bond donors (Lipinski definition) is 2. The average Bonchev–Trinajstić information content (AvgIpc) is 3.34. The van der Waals surface area contributed by atoms with Crippen LogP contribution in [-0.2, 0) is 13.1 Å². The summed E-state index contributed by atoms with van der Waals surface area (Å²) in [6, 6.07) is 12.1. The van der Waals surface area contributed by atoms with Gasteiger partial charge in [0.1, 0.15) is 11.6 Å². The first-order valence-corrected chi connectivity index (χ1v) is 7.72. The van der Waals surface area contributed by atoms with E-state index in [0.29, 0.717) is 24.1 Å². The van der Waals surface area contributed by atoms with E-state index in [0.717, 1.165) is 6.54 Å². The van der Waals surface area contributed by atoms with E-state index in [9.17, 15) is 5.11 Å². The highest BCUT2D eigenvalue weighted by Crippen LogP contribution is 2.36. The number of hydrogen-bond acceptors (Lipinski definition) is 5. The van der Waals surface area contributed by atoms with Gasteiger partial charge in [-0.3, -0.25) is 4.90 Å². The fraction of sp³-hybridized carbons (Fsp3) is 0.412. The van der Waals surface area contributed by atoms with E-state index >= 15 is 0 Å². The van der Waals surface area contributed by atoms with Crippen molar-refractivity contribution < 1.29 is 5.11 Å². The van der Waals surface area contributed by atoms with Gasteiger partial charge in [-0.2, -0.15) is 0 Å². The average molecular weight is 298 g/mol. The first kappa shape index (κ1) is 14.9. The second-order valence-electron chi connectivity index (χ2n) is 5.88. The highest BCUT2D eigenvalue weighted by molar-refractivity contribution is 5.25. The topological polar surface area (TPSA) is 75.3 Å². The van der Waals surface area contributed by atoms with Crippen LogP contribution in [0.25, 0.3) is 0 Å². The molecule has 5 heteroatoms. The van der Waals surface area contributed by atoms with Crippen molar-refractivity contribution in [1.82, 2.24) is 14.9 Å². The Morgan fingerprint density at radius 2 is 1.95 bits per heavy atom. The molecule has 1 fully saturated rings. The summed E-state index contributed by atoms with van der Waals surface area (Å²) in [5.41, 5.74) is 6.98. The standard InChI is InChI=1S/C17H22N4O/c18-16-8-9-19-17(20-16)11-21(15(12-22)14-6-7-14)10-13-4-2-1-3-5-13/h1-5,8-9,14-15,22H,6-7,10-12H2,(H2,18,19,20). The zero-order chi connectivity index (χ0) is 15.4. The van der Waals surface area contributed by atoms with Crippen LogP contribution in [0.2, 0.25) is 0 Å². The van der Waals surface area contributed by atoms with Gasteiger partial charge in [0.05, 0.1) is 13.2 Å². The van der Waals surface area contributed by atoms with E-state index in [1.165, 1.54) is 18.4 Å². The molecule has 22 heavy (non-hydrogen) atoms. The van der Waals surface area contributed by atoms with E-state index in [4.69, 9.17) is 5.73 Å². The summed E-state index contributed by atoms with van der Waals surface area (Å²) in [7, 11) is 0. The molecule has 1 atom stereocenters. The Hall–Kier alpha value is -1.98. The molecule has 5 nitrogen and oxygen atoms in total. The maximum atomic E-state index is 9.81. The molecule has 0 bridgehead atoms. The van der Waals surface area contributed by atoms with Gasteiger partial charge in [-0.15, -0.1) is 0 Å². The molecule has 1 aliphatic carbocycles. The second kappa shape index (κ2) is 6.85. The monoisotopic (exact) mass is 298 g/mol. The number of nitrogen functional groups attached to an aromatic ring is 1. The molecular formula is C17H22N4O. The third-order valence-corrected chi connectivity index (χ3v) is 4.12. The fourth-order valence-corrected chi connectivity index (χ4v) is 2.82. The molecular weight excluding hydrogens is 276 g/mol. The summed E-state index contributed by atoms with van der Waals surface area (Å²) in [5, 5.41) is 9.81. The number of aromatic nitrogens is 2. The van der Waals surface area contributed by atoms with E-state index in [2.05, 4.69) is 27.0 Å². The van der Waals surface area contributed by atoms with Crippen molar-refractivity contribution in [3.8, 4) is 0 Å². The van der Waals surface area contributed by atoms with Crippen molar-refractivity contribution in [3.63, 3.8) is 0 Å². The van der Waals surface area contributed by atoms with Crippen molar-refractivity contribution in [2.75, 3.05) is 12.3 Å². The lowest BCUT2D eigenvalue weighted by Crippen LogP contribution is -2.39. The van der Waals surface area contributed by atoms with Gasteiger partial charge >= 0.3 is 0 Å². The van der Waals surface area contributed by atoms with E-state index in [1.54, 1.807) is 12.3 Å². The van der Waals surface area contributed by atoms with Crippen LogP contribution < -0.4 is 5.73 Å². The highest BCUT2D eigenvalue weighted by atomic mass is 16.3. The zero-order valence-corrected chi connectivity index (χ0v) is 12.6. The number of anilines is 1. The molecule has 0 amide bonds. The van der Waals surface area contributed by atoms with Crippen LogP contribution in [0.1, 0.15) is 24.2 Å². The smallest absolute Gasteiger partial charge is 0.144 e. The molecule has 1 unspecified atom stereocenters. The lowest BCUT2D eigenvalue weighted by atomic mass is 10.1. The Balaban J connectivity index is 1.78. The number of nitrogens with two attached hydrogens (primary N) is 1. The van der Waals surface area contributed by atoms with Crippen LogP contribution in [0.5, 0.6) is 0 Å². The minimum absolute atomic E-state index is 0.158. The molecule has 1 aromatic heterocycles. The van der Waals surface area contributed by atoms with Crippen LogP contribution in [0, 0.1) is 5.92 Å². The lowest BCUT2D eigenvalue weighted by molar-refractivity contribution is 0.0922. The summed E-state index contributed by atoms with van der Waals surface area (Å²) in [5.74, 6) is 1.77. The van der Waals surface area contributed by atoms with Crippen molar-refractivity contribution >= 4 is 5.82 Å². The molecule has 3 N–H and O–H groups in total. The van der Waals surface area contributed by atoms with Crippen molar-refractivity contribution in [1.29, 1.82) is 0 Å². The number of rotatable bonds is 7. The third-order valence-electron chi connectivity index (χ3n) is 4.12. The number of nitrogens with zero attached hydrogens (tertiary/aromatic N) is 3. The summed E-state index contributed by atoms with van der Waals surface area (Å²) in [4.78, 5) is 10.9. The van der Waals surface area contributed by atoms with E-state index < -0.39 is 0 Å². The number of aliphatic hydroxyl groups excluding tert-OH is 1. The van der Waals surface area contributed by atoms with Crippen molar-refractivity contribution in [2.45, 2.75) is 32.0 Å². The zero-order valence-electron chi connectivity index (χ0n) is 12.6. The molecule has 0 aliphatic heterocycles. The Labute approximate surface area is 130 Å². The van der Waals surface area contributed by atoms with Crippen LogP contribution in [0.15, 0.2) is 42.6 Å². The number of aliphatic hydroxyl groups is 1. The molecule has 1 aromatic carbocycles. The van der Waals surface area contributed by atoms with Gasteiger partial charge in [0.15, 0.2) is 0 Å². The maximum absolute atomic E-state index is 9.81. The second-order valence-corrected chi connectivity index (χ2v) is 5.88. The summed E-state index contributed by atoms with van der Waals surface area (Å²) in [6.07, 6.45) is 4.06. The molecule has 1 heterocycles. The SMILES string of the molecule is Nc1ccnc(CN(Cc2ccccc2)C(CO)C2CC2)n1. The molecule has 116 valence electrons. The van der Waals surface area contributed by atoms with E-state index in [1.807, 2.05) is 18.2 Å². The minimum atomic E-state index is 0.158. The van der Waals surface area contributed by atoms with Gasteiger partial charge in [0.2, 0.25) is 0 Å². The summed E-state index contributed by atoms with van der Waals surface area (Å²) in [6.45, 7) is 1.54. The first-order chi connectivity index (χ1) is 10.8. The van der Waals surface area contributed by atoms with Crippen molar-refractivity contribution in [3.05, 3.63) is 54.0 Å². The van der Waals surface area contributed by atoms with Crippen molar-refractivity contribution in [2.24, 2.45) is 5.92 Å². The largest absolute Gasteiger partial charge is 0.395 e. The molecule has 1 aliphatic rings. The quantitative estimate of drug-likeness (QED) is 0.815. The van der Waals surface area contributed by atoms with Crippen LogP contribution in [-0.4, -0.2) is 32.6 Å². The Morgan fingerprint density at radius 3 is 2.59 bits per heavy atom. The molecule has 0 saturated heterocycles. The lowest BCUT2D eigenvalue weighted by Gasteiger charge is -2.30. The summed E-state index contributed by atoms with van der Waals surface area (Å²) < 4.78 is 0. The molecule has 3 rings (SSSR count). The first-order valence-electron chi connectivity index (χ1n) is 7.72. The molecule has 0 radical (unpaired) electrons. The van der Waals surface area contributed by atoms with Gasteiger partial charge in [-0.25, -0.2) is 9.97 Å². The van der Waals surface area contributed by atoms with Crippen LogP contribution in [0.3, 0.4) is 0 Å². The predicted octanol–water partition coefficient (Wildman–Crippen LogP) is 1.83. The number of benzene rings is 1. The Bertz CT molecular complexity index is 601. The molecule has 2 aromatic rings. The van der Waals surface area contributed by atoms with Gasteiger partial charge in [0.25, 0.3) is 0 Å². The Morgan fingerprint density at radius 1 is 1.18 bits per heavy atom. The maximum Gasteiger partial charge on any atom is 0.144 e. The van der Waals surface area contributed by atoms with Crippen LogP contribution >= 0.6 is 0 Å². The molecule has 1 saturated carbocycles. The fourth-order valence-electron chi connectivity index (χ4n) is 2.82. The highest BCUT2D eigenvalue weighted by Gasteiger charge is 2.35. The Kier molecular flexibility index (Phi) is 4.65. The van der Waals surface area contributed by atoms with Gasteiger partial charge in [-0.1, -0.05) is 30.3 Å². The minimum Gasteiger partial charge on any atom is -0.395 e. The van der Waals surface area contributed by atoms with Crippen LogP contribution in [0.4, 0.5) is 5.82 Å². The van der Waals surface area contributed by atoms with Gasteiger partial charge in [-0.05, 0) is 30.4 Å². The van der Waals surface area contributed by atoms with Gasteiger partial charge < -0.3 is 10.8 Å². The van der Waals surface area contributed by atoms with E-state index in [-0.39, 0.29) is 12.6 Å². The molecule has 0 spiro atoms. The third kappa shape index (κ3) is 3.81. The summed E-state index contributed by atoms with van der Waals surface area (Å²) >= 11 is 0. The van der Waals surface area contributed by atoms with Gasteiger partial charge in [0, 0.05) is 18.8 Å².